The molecule has 6 nitrogen and oxygen atoms in total. The van der Waals surface area contributed by atoms with Crippen LogP contribution in [0.4, 0.5) is 15.2 Å². The van der Waals surface area contributed by atoms with Crippen molar-refractivity contribution in [3.8, 4) is 16.3 Å². The number of benzene rings is 2. The Morgan fingerprint density at radius 2 is 1.92 bits per heavy atom. The molecule has 0 saturated carbocycles. The number of anilines is 2. The van der Waals surface area contributed by atoms with E-state index in [0.29, 0.717) is 32.7 Å². The minimum atomic E-state index is -0.493. The molecule has 4 aromatic rings. The van der Waals surface area contributed by atoms with E-state index in [0.717, 1.165) is 5.39 Å². The Labute approximate surface area is 150 Å². The quantitative estimate of drug-likeness (QED) is 0.543. The highest BCUT2D eigenvalue weighted by Crippen LogP contribution is 2.29. The van der Waals surface area contributed by atoms with E-state index in [-0.39, 0.29) is 5.82 Å². The van der Waals surface area contributed by atoms with Crippen LogP contribution < -0.4 is 15.7 Å². The molecular formula is C18H12FN3O3S. The zero-order chi connectivity index (χ0) is 18.1. The van der Waals surface area contributed by atoms with Gasteiger partial charge in [-0.3, -0.25) is 0 Å². The first kappa shape index (κ1) is 16.2. The molecule has 8 heteroatoms. The van der Waals surface area contributed by atoms with Crippen molar-refractivity contribution in [1.82, 2.24) is 10.2 Å². The van der Waals surface area contributed by atoms with Gasteiger partial charge in [0.25, 0.3) is 0 Å². The molecule has 0 fully saturated rings. The molecule has 0 aliphatic carbocycles. The molecule has 0 amide bonds. The lowest BCUT2D eigenvalue weighted by molar-refractivity contribution is 0.415. The Morgan fingerprint density at radius 1 is 1.12 bits per heavy atom. The lowest BCUT2D eigenvalue weighted by Gasteiger charge is -2.02. The molecule has 0 unspecified atom stereocenters. The molecule has 1 N–H and O–H groups in total. The standard InChI is InChI=1S/C18H12FN3O3S/c1-24-13-6-7-15-10(8-13)9-14(17(23)25-15)16-21-22-18(26-16)20-12-4-2-11(19)3-5-12/h2-9H,1H3,(H,20,22). The first-order chi connectivity index (χ1) is 12.6. The highest BCUT2D eigenvalue weighted by Gasteiger charge is 2.14. The van der Waals surface area contributed by atoms with Crippen LogP contribution in [0, 0.1) is 5.82 Å². The fourth-order valence-electron chi connectivity index (χ4n) is 2.42. The zero-order valence-corrected chi connectivity index (χ0v) is 14.3. The number of methoxy groups -OCH3 is 1. The molecule has 2 heterocycles. The van der Waals surface area contributed by atoms with Gasteiger partial charge in [0.15, 0.2) is 5.01 Å². The van der Waals surface area contributed by atoms with Crippen molar-refractivity contribution in [2.45, 2.75) is 0 Å². The molecule has 0 aliphatic heterocycles. The van der Waals surface area contributed by atoms with Crippen LogP contribution in [-0.4, -0.2) is 17.3 Å². The van der Waals surface area contributed by atoms with Gasteiger partial charge in [-0.15, -0.1) is 10.2 Å². The third-order valence-electron chi connectivity index (χ3n) is 3.69. The summed E-state index contributed by atoms with van der Waals surface area (Å²) in [5, 5.41) is 12.7. The summed E-state index contributed by atoms with van der Waals surface area (Å²) in [6, 6.07) is 12.7. The predicted molar refractivity (Wildman–Crippen MR) is 97.6 cm³/mol. The fraction of sp³-hybridized carbons (Fsp3) is 0.0556. The molecule has 0 spiro atoms. The topological polar surface area (TPSA) is 77.2 Å². The largest absolute Gasteiger partial charge is 0.497 e. The van der Waals surface area contributed by atoms with Crippen LogP contribution in [0.1, 0.15) is 0 Å². The van der Waals surface area contributed by atoms with Crippen molar-refractivity contribution in [3.05, 3.63) is 64.8 Å². The molecule has 4 rings (SSSR count). The van der Waals surface area contributed by atoms with Crippen molar-refractivity contribution < 1.29 is 13.5 Å². The monoisotopic (exact) mass is 369 g/mol. The van der Waals surface area contributed by atoms with E-state index in [2.05, 4.69) is 15.5 Å². The van der Waals surface area contributed by atoms with Crippen LogP contribution in [0.3, 0.4) is 0 Å². The summed E-state index contributed by atoms with van der Waals surface area (Å²) < 4.78 is 23.5. The minimum absolute atomic E-state index is 0.315. The molecule has 26 heavy (non-hydrogen) atoms. The zero-order valence-electron chi connectivity index (χ0n) is 13.5. The Bertz CT molecular complexity index is 1140. The van der Waals surface area contributed by atoms with Gasteiger partial charge in [-0.2, -0.15) is 0 Å². The SMILES string of the molecule is COc1ccc2oc(=O)c(-c3nnc(Nc4ccc(F)cc4)s3)cc2c1. The third-order valence-corrected chi connectivity index (χ3v) is 4.56. The molecule has 0 radical (unpaired) electrons. The average Bonchev–Trinajstić information content (AvgIpc) is 3.11. The van der Waals surface area contributed by atoms with Crippen LogP contribution in [0.25, 0.3) is 21.5 Å². The predicted octanol–water partition coefficient (Wildman–Crippen LogP) is 4.20. The van der Waals surface area contributed by atoms with E-state index in [4.69, 9.17) is 9.15 Å². The van der Waals surface area contributed by atoms with Crippen molar-refractivity contribution in [3.63, 3.8) is 0 Å². The van der Waals surface area contributed by atoms with Crippen LogP contribution in [0.5, 0.6) is 5.75 Å². The Hall–Kier alpha value is -3.26. The number of aromatic nitrogens is 2. The smallest absolute Gasteiger partial charge is 0.346 e. The number of hydrogen-bond donors (Lipinski definition) is 1. The van der Waals surface area contributed by atoms with E-state index < -0.39 is 5.63 Å². The average molecular weight is 369 g/mol. The Balaban J connectivity index is 1.69. The van der Waals surface area contributed by atoms with Crippen molar-refractivity contribution >= 4 is 33.1 Å². The van der Waals surface area contributed by atoms with Crippen molar-refractivity contribution in [2.24, 2.45) is 0 Å². The van der Waals surface area contributed by atoms with Crippen molar-refractivity contribution in [2.75, 3.05) is 12.4 Å². The van der Waals surface area contributed by atoms with E-state index in [1.807, 2.05) is 0 Å². The molecule has 2 aromatic heterocycles. The Kier molecular flexibility index (Phi) is 4.10. The van der Waals surface area contributed by atoms with Gasteiger partial charge in [0.2, 0.25) is 5.13 Å². The maximum absolute atomic E-state index is 13.0. The van der Waals surface area contributed by atoms with Gasteiger partial charge < -0.3 is 14.5 Å². The van der Waals surface area contributed by atoms with Crippen LogP contribution in [0.15, 0.2) is 57.7 Å². The second-order valence-corrected chi connectivity index (χ2v) is 6.37. The highest BCUT2D eigenvalue weighted by molar-refractivity contribution is 7.18. The lowest BCUT2D eigenvalue weighted by Crippen LogP contribution is -2.02. The van der Waals surface area contributed by atoms with Crippen LogP contribution in [-0.2, 0) is 0 Å². The van der Waals surface area contributed by atoms with Gasteiger partial charge in [-0.05, 0) is 48.5 Å². The fourth-order valence-corrected chi connectivity index (χ4v) is 3.18. The highest BCUT2D eigenvalue weighted by atomic mass is 32.1. The van der Waals surface area contributed by atoms with Crippen LogP contribution in [0.2, 0.25) is 0 Å². The van der Waals surface area contributed by atoms with Crippen LogP contribution >= 0.6 is 11.3 Å². The minimum Gasteiger partial charge on any atom is -0.497 e. The lowest BCUT2D eigenvalue weighted by atomic mass is 10.2. The third kappa shape index (κ3) is 3.14. The van der Waals surface area contributed by atoms with Gasteiger partial charge in [0.1, 0.15) is 17.1 Å². The van der Waals surface area contributed by atoms with E-state index in [1.165, 1.54) is 23.5 Å². The summed E-state index contributed by atoms with van der Waals surface area (Å²) in [5.41, 5.74) is 0.959. The van der Waals surface area contributed by atoms with Gasteiger partial charge >= 0.3 is 5.63 Å². The van der Waals surface area contributed by atoms with Gasteiger partial charge in [0.05, 0.1) is 12.7 Å². The number of rotatable bonds is 4. The molecule has 0 bridgehead atoms. The summed E-state index contributed by atoms with van der Waals surface area (Å²) in [5.74, 6) is 0.339. The van der Waals surface area contributed by atoms with E-state index >= 15 is 0 Å². The summed E-state index contributed by atoms with van der Waals surface area (Å²) in [6.07, 6.45) is 0. The van der Waals surface area contributed by atoms with Gasteiger partial charge in [-0.25, -0.2) is 9.18 Å². The molecule has 0 atom stereocenters. The number of nitrogens with zero attached hydrogens (tertiary/aromatic N) is 2. The molecular weight excluding hydrogens is 357 g/mol. The van der Waals surface area contributed by atoms with Gasteiger partial charge in [-0.1, -0.05) is 11.3 Å². The summed E-state index contributed by atoms with van der Waals surface area (Å²) in [6.45, 7) is 0. The normalized spacial score (nSPS) is 10.8. The molecule has 130 valence electrons. The van der Waals surface area contributed by atoms with Gasteiger partial charge in [0, 0.05) is 11.1 Å². The molecule has 2 aromatic carbocycles. The second kappa shape index (κ2) is 6.57. The first-order valence-electron chi connectivity index (χ1n) is 7.61. The maximum Gasteiger partial charge on any atom is 0.346 e. The maximum atomic E-state index is 13.0. The molecule has 0 saturated heterocycles. The second-order valence-electron chi connectivity index (χ2n) is 5.40. The first-order valence-corrected chi connectivity index (χ1v) is 8.42. The van der Waals surface area contributed by atoms with E-state index in [9.17, 15) is 9.18 Å². The molecule has 0 aliphatic rings. The summed E-state index contributed by atoms with van der Waals surface area (Å²) in [4.78, 5) is 12.3. The Morgan fingerprint density at radius 3 is 2.69 bits per heavy atom. The summed E-state index contributed by atoms with van der Waals surface area (Å²) >= 11 is 1.20. The number of ether oxygens (including phenoxy) is 1. The van der Waals surface area contributed by atoms with E-state index in [1.54, 1.807) is 43.5 Å². The number of halogens is 1. The number of hydrogen-bond acceptors (Lipinski definition) is 7. The summed E-state index contributed by atoms with van der Waals surface area (Å²) in [7, 11) is 1.57. The number of fused-ring (bicyclic) bond motifs is 1. The van der Waals surface area contributed by atoms with Crippen molar-refractivity contribution in [1.29, 1.82) is 0 Å². The number of nitrogens with one attached hydrogen (secondary N) is 1.